The highest BCUT2D eigenvalue weighted by atomic mass is 35.5. The van der Waals surface area contributed by atoms with Crippen molar-refractivity contribution in [3.63, 3.8) is 0 Å². The summed E-state index contributed by atoms with van der Waals surface area (Å²) < 4.78 is 1.65. The van der Waals surface area contributed by atoms with Gasteiger partial charge in [-0.15, -0.1) is 0 Å². The monoisotopic (exact) mass is 265 g/mol. The average Bonchev–Trinajstić information content (AvgIpc) is 2.57. The zero-order valence-corrected chi connectivity index (χ0v) is 11.4. The summed E-state index contributed by atoms with van der Waals surface area (Å²) in [6, 6.07) is 0.0996. The Kier molecular flexibility index (Phi) is 3.63. The van der Waals surface area contributed by atoms with Crippen molar-refractivity contribution in [2.24, 2.45) is 5.73 Å². The second kappa shape index (κ2) is 5.04. The number of aryl methyl sites for hydroxylation is 1. The number of halogens is 1. The molecular weight excluding hydrogens is 250 g/mol. The summed E-state index contributed by atoms with van der Waals surface area (Å²) in [6.07, 6.45) is 4.31. The molecule has 1 atom stereocenters. The Balaban J connectivity index is 2.31. The molecule has 5 nitrogen and oxygen atoms in total. The van der Waals surface area contributed by atoms with Gasteiger partial charge in [-0.3, -0.25) is 0 Å². The number of nitrogens with two attached hydrogens (primary N) is 1. The maximum absolute atomic E-state index is 6.09. The van der Waals surface area contributed by atoms with Crippen LogP contribution < -0.4 is 5.73 Å². The van der Waals surface area contributed by atoms with Gasteiger partial charge < -0.3 is 5.73 Å². The summed E-state index contributed by atoms with van der Waals surface area (Å²) in [5, 5.41) is 4.96. The minimum Gasteiger partial charge on any atom is -0.328 e. The van der Waals surface area contributed by atoms with E-state index in [1.54, 1.807) is 17.1 Å². The zero-order chi connectivity index (χ0) is 13.3. The molecular formula is C12H16ClN5. The maximum Gasteiger partial charge on any atom is 0.250 e. The fourth-order valence-electron chi connectivity index (χ4n) is 1.75. The molecule has 0 aliphatic rings. The van der Waals surface area contributed by atoms with Gasteiger partial charge in [-0.25, -0.2) is 14.6 Å². The van der Waals surface area contributed by atoms with Crippen LogP contribution in [0.2, 0.25) is 5.02 Å². The van der Waals surface area contributed by atoms with Gasteiger partial charge in [0, 0.05) is 18.4 Å². The molecule has 0 saturated carbocycles. The molecule has 0 fully saturated rings. The molecule has 0 aliphatic heterocycles. The van der Waals surface area contributed by atoms with Crippen molar-refractivity contribution in [2.75, 3.05) is 0 Å². The van der Waals surface area contributed by atoms with Crippen molar-refractivity contribution in [1.82, 2.24) is 19.7 Å². The lowest BCUT2D eigenvalue weighted by atomic mass is 10.1. The van der Waals surface area contributed by atoms with Crippen molar-refractivity contribution >= 4 is 11.6 Å². The van der Waals surface area contributed by atoms with Gasteiger partial charge in [-0.05, 0) is 32.8 Å². The lowest BCUT2D eigenvalue weighted by molar-refractivity contribution is 0.722. The minimum absolute atomic E-state index is 0.0996. The molecule has 0 spiro atoms. The molecule has 0 amide bonds. The first-order valence-electron chi connectivity index (χ1n) is 5.77. The second-order valence-corrected chi connectivity index (χ2v) is 4.85. The lowest BCUT2D eigenvalue weighted by Crippen LogP contribution is -2.18. The molecule has 2 aromatic rings. The summed E-state index contributed by atoms with van der Waals surface area (Å²) in [4.78, 5) is 8.58. The largest absolute Gasteiger partial charge is 0.328 e. The smallest absolute Gasteiger partial charge is 0.250 e. The van der Waals surface area contributed by atoms with Crippen LogP contribution in [0.1, 0.15) is 23.9 Å². The molecule has 2 aromatic heterocycles. The predicted molar refractivity (Wildman–Crippen MR) is 71.0 cm³/mol. The average molecular weight is 266 g/mol. The van der Waals surface area contributed by atoms with Crippen molar-refractivity contribution in [3.05, 3.63) is 34.4 Å². The van der Waals surface area contributed by atoms with Crippen LogP contribution in [-0.2, 0) is 6.42 Å². The van der Waals surface area contributed by atoms with E-state index in [0.717, 1.165) is 23.4 Å². The van der Waals surface area contributed by atoms with Gasteiger partial charge in [-0.2, -0.15) is 5.10 Å². The number of hydrogen-bond donors (Lipinski definition) is 1. The van der Waals surface area contributed by atoms with Gasteiger partial charge in [0.25, 0.3) is 5.95 Å². The molecule has 2 N–H and O–H groups in total. The van der Waals surface area contributed by atoms with E-state index in [2.05, 4.69) is 15.1 Å². The van der Waals surface area contributed by atoms with Gasteiger partial charge in [0.2, 0.25) is 0 Å². The molecule has 2 rings (SSSR count). The molecule has 0 aromatic carbocycles. The Bertz CT molecular complexity index is 544. The topological polar surface area (TPSA) is 69.6 Å². The maximum atomic E-state index is 6.09. The van der Waals surface area contributed by atoms with E-state index in [1.165, 1.54) is 0 Å². The Morgan fingerprint density at radius 2 is 1.94 bits per heavy atom. The highest BCUT2D eigenvalue weighted by Crippen LogP contribution is 2.20. The Hall–Kier alpha value is -1.46. The Morgan fingerprint density at radius 1 is 1.33 bits per heavy atom. The van der Waals surface area contributed by atoms with Gasteiger partial charge in [-0.1, -0.05) is 11.6 Å². The van der Waals surface area contributed by atoms with E-state index in [9.17, 15) is 0 Å². The summed E-state index contributed by atoms with van der Waals surface area (Å²) in [5.41, 5.74) is 8.36. The molecule has 0 saturated heterocycles. The molecule has 1 unspecified atom stereocenters. The summed E-state index contributed by atoms with van der Waals surface area (Å²) in [6.45, 7) is 5.70. The van der Waals surface area contributed by atoms with Crippen LogP contribution in [0.3, 0.4) is 0 Å². The highest BCUT2D eigenvalue weighted by molar-refractivity contribution is 6.31. The van der Waals surface area contributed by atoms with E-state index in [0.29, 0.717) is 11.0 Å². The van der Waals surface area contributed by atoms with Gasteiger partial charge in [0.05, 0.1) is 16.4 Å². The fourth-order valence-corrected chi connectivity index (χ4v) is 1.87. The predicted octanol–water partition coefficient (Wildman–Crippen LogP) is 1.82. The normalized spacial score (nSPS) is 12.7. The Morgan fingerprint density at radius 3 is 2.39 bits per heavy atom. The SMILES string of the molecule is Cc1nn(-c2ncc(CC(C)N)cn2)c(C)c1Cl. The quantitative estimate of drug-likeness (QED) is 0.919. The van der Waals surface area contributed by atoms with Crippen LogP contribution in [0.5, 0.6) is 0 Å². The van der Waals surface area contributed by atoms with Crippen molar-refractivity contribution in [1.29, 1.82) is 0 Å². The first-order chi connectivity index (χ1) is 8.49. The molecule has 0 bridgehead atoms. The fraction of sp³-hybridized carbons (Fsp3) is 0.417. The van der Waals surface area contributed by atoms with E-state index in [1.807, 2.05) is 20.8 Å². The minimum atomic E-state index is 0.0996. The van der Waals surface area contributed by atoms with E-state index >= 15 is 0 Å². The standard InChI is InChI=1S/C12H16ClN5/c1-7(14)4-10-5-15-12(16-6-10)18-9(3)11(13)8(2)17-18/h5-7H,4,14H2,1-3H3. The Labute approximate surface area is 111 Å². The molecule has 96 valence electrons. The van der Waals surface area contributed by atoms with E-state index in [-0.39, 0.29) is 6.04 Å². The van der Waals surface area contributed by atoms with Crippen molar-refractivity contribution in [2.45, 2.75) is 33.2 Å². The van der Waals surface area contributed by atoms with Gasteiger partial charge in [0.15, 0.2) is 0 Å². The number of hydrogen-bond acceptors (Lipinski definition) is 4. The van der Waals surface area contributed by atoms with Crippen LogP contribution >= 0.6 is 11.6 Å². The number of nitrogens with zero attached hydrogens (tertiary/aromatic N) is 4. The second-order valence-electron chi connectivity index (χ2n) is 4.47. The third-order valence-corrected chi connectivity index (χ3v) is 3.19. The van der Waals surface area contributed by atoms with Crippen LogP contribution in [0, 0.1) is 13.8 Å². The van der Waals surface area contributed by atoms with Gasteiger partial charge >= 0.3 is 0 Å². The first kappa shape index (κ1) is 13.0. The van der Waals surface area contributed by atoms with E-state index < -0.39 is 0 Å². The van der Waals surface area contributed by atoms with Crippen molar-refractivity contribution in [3.8, 4) is 5.95 Å². The van der Waals surface area contributed by atoms with Crippen LogP contribution in [0.25, 0.3) is 5.95 Å². The molecule has 2 heterocycles. The van der Waals surface area contributed by atoms with Crippen molar-refractivity contribution < 1.29 is 0 Å². The number of rotatable bonds is 3. The summed E-state index contributed by atoms with van der Waals surface area (Å²) in [5.74, 6) is 0.524. The lowest BCUT2D eigenvalue weighted by Gasteiger charge is -2.06. The number of aromatic nitrogens is 4. The van der Waals surface area contributed by atoms with Crippen LogP contribution in [-0.4, -0.2) is 25.8 Å². The first-order valence-corrected chi connectivity index (χ1v) is 6.15. The molecule has 0 aliphatic carbocycles. The van der Waals surface area contributed by atoms with Crippen LogP contribution in [0.15, 0.2) is 12.4 Å². The highest BCUT2D eigenvalue weighted by Gasteiger charge is 2.12. The van der Waals surface area contributed by atoms with Gasteiger partial charge in [0.1, 0.15) is 0 Å². The molecule has 18 heavy (non-hydrogen) atoms. The zero-order valence-electron chi connectivity index (χ0n) is 10.7. The molecule has 6 heteroatoms. The van der Waals surface area contributed by atoms with E-state index in [4.69, 9.17) is 17.3 Å². The third-order valence-electron chi connectivity index (χ3n) is 2.64. The summed E-state index contributed by atoms with van der Waals surface area (Å²) in [7, 11) is 0. The summed E-state index contributed by atoms with van der Waals surface area (Å²) >= 11 is 6.09. The molecule has 0 radical (unpaired) electrons. The third kappa shape index (κ3) is 2.52. The van der Waals surface area contributed by atoms with Crippen LogP contribution in [0.4, 0.5) is 0 Å².